The molecule has 1 aliphatic heterocycles. The van der Waals surface area contributed by atoms with Gasteiger partial charge in [0.1, 0.15) is 22.2 Å². The van der Waals surface area contributed by atoms with E-state index in [1.807, 2.05) is 19.1 Å². The Morgan fingerprint density at radius 1 is 1.46 bits per heavy atom. The predicted molar refractivity (Wildman–Crippen MR) is 90.9 cm³/mol. The molecule has 1 aliphatic rings. The van der Waals surface area contributed by atoms with Crippen molar-refractivity contribution >= 4 is 17.2 Å². The number of nitrogens with one attached hydrogen (secondary N) is 1. The summed E-state index contributed by atoms with van der Waals surface area (Å²) in [7, 11) is 0. The van der Waals surface area contributed by atoms with Gasteiger partial charge in [0.05, 0.1) is 19.3 Å². The number of hydrogen-bond donors (Lipinski definition) is 2. The van der Waals surface area contributed by atoms with E-state index in [9.17, 15) is 4.79 Å². The van der Waals surface area contributed by atoms with E-state index in [1.165, 1.54) is 11.3 Å². The number of morpholine rings is 1. The summed E-state index contributed by atoms with van der Waals surface area (Å²) in [6.07, 6.45) is 0. The highest BCUT2D eigenvalue weighted by Crippen LogP contribution is 2.23. The summed E-state index contributed by atoms with van der Waals surface area (Å²) in [4.78, 5) is 18.8. The zero-order chi connectivity index (χ0) is 16.9. The van der Waals surface area contributed by atoms with Crippen LogP contribution in [0.25, 0.3) is 0 Å². The number of hydrogen-bond acceptors (Lipinski definition) is 7. The first-order valence-corrected chi connectivity index (χ1v) is 8.86. The van der Waals surface area contributed by atoms with Crippen LogP contribution in [0.4, 0.5) is 0 Å². The molecule has 0 bridgehead atoms. The topological polar surface area (TPSA) is 93.6 Å². The monoisotopic (exact) mass is 350 g/mol. The summed E-state index contributed by atoms with van der Waals surface area (Å²) in [6, 6.07) is 3.90. The summed E-state index contributed by atoms with van der Waals surface area (Å²) >= 11 is 1.40. The van der Waals surface area contributed by atoms with Crippen LogP contribution in [0.5, 0.6) is 0 Å². The number of aromatic nitrogens is 1. The van der Waals surface area contributed by atoms with Gasteiger partial charge in [-0.25, -0.2) is 4.98 Å². The second-order valence-corrected chi connectivity index (χ2v) is 6.60. The highest BCUT2D eigenvalue weighted by molar-refractivity contribution is 7.09. The quantitative estimate of drug-likeness (QED) is 0.816. The second-order valence-electron chi connectivity index (χ2n) is 5.65. The van der Waals surface area contributed by atoms with Crippen LogP contribution in [0.1, 0.15) is 33.1 Å². The van der Waals surface area contributed by atoms with Gasteiger partial charge < -0.3 is 20.2 Å². The largest absolute Gasteiger partial charge is 0.465 e. The van der Waals surface area contributed by atoms with E-state index in [0.717, 1.165) is 29.6 Å². The lowest BCUT2D eigenvalue weighted by atomic mass is 10.1. The maximum absolute atomic E-state index is 12.3. The Balaban J connectivity index is 1.68. The van der Waals surface area contributed by atoms with Gasteiger partial charge >= 0.3 is 0 Å². The highest BCUT2D eigenvalue weighted by Gasteiger charge is 2.26. The van der Waals surface area contributed by atoms with Crippen molar-refractivity contribution in [2.45, 2.75) is 19.5 Å². The molecule has 1 saturated heterocycles. The van der Waals surface area contributed by atoms with Gasteiger partial charge in [-0.1, -0.05) is 0 Å². The fraction of sp³-hybridized carbons (Fsp3) is 0.500. The van der Waals surface area contributed by atoms with Crippen LogP contribution in [0, 0.1) is 6.92 Å². The van der Waals surface area contributed by atoms with E-state index in [0.29, 0.717) is 32.0 Å². The molecule has 2 aromatic heterocycles. The molecule has 0 aliphatic carbocycles. The van der Waals surface area contributed by atoms with Gasteiger partial charge in [0, 0.05) is 31.6 Å². The number of carbonyl (C=O) groups excluding carboxylic acids is 1. The van der Waals surface area contributed by atoms with Crippen LogP contribution >= 0.6 is 11.3 Å². The Kier molecular flexibility index (Phi) is 5.62. The molecule has 3 N–H and O–H groups in total. The third kappa shape index (κ3) is 4.02. The first kappa shape index (κ1) is 17.1. The Hall–Kier alpha value is -1.74. The third-order valence-electron chi connectivity index (χ3n) is 3.99. The molecule has 3 heterocycles. The first-order chi connectivity index (χ1) is 11.7. The molecule has 1 amide bonds. The summed E-state index contributed by atoms with van der Waals surface area (Å²) in [5.74, 6) is 1.53. The van der Waals surface area contributed by atoms with Crippen LogP contribution < -0.4 is 11.1 Å². The lowest BCUT2D eigenvalue weighted by Gasteiger charge is -2.33. The van der Waals surface area contributed by atoms with Crippen molar-refractivity contribution in [3.8, 4) is 0 Å². The van der Waals surface area contributed by atoms with Gasteiger partial charge in [0.15, 0.2) is 0 Å². The fourth-order valence-electron chi connectivity index (χ4n) is 2.72. The second kappa shape index (κ2) is 7.89. The van der Waals surface area contributed by atoms with Crippen LogP contribution in [0.15, 0.2) is 21.9 Å². The average Bonchev–Trinajstić information content (AvgIpc) is 3.25. The Bertz CT molecular complexity index is 678. The Labute approximate surface area is 144 Å². The number of amides is 1. The first-order valence-electron chi connectivity index (χ1n) is 7.98. The maximum Gasteiger partial charge on any atom is 0.270 e. The number of furan rings is 1. The van der Waals surface area contributed by atoms with Crippen molar-refractivity contribution in [1.29, 1.82) is 0 Å². The molecule has 24 heavy (non-hydrogen) atoms. The van der Waals surface area contributed by atoms with Crippen molar-refractivity contribution in [2.75, 3.05) is 32.8 Å². The minimum atomic E-state index is -0.188. The van der Waals surface area contributed by atoms with E-state index in [1.54, 1.807) is 5.38 Å². The highest BCUT2D eigenvalue weighted by atomic mass is 32.1. The number of nitrogens with two attached hydrogens (primary N) is 1. The van der Waals surface area contributed by atoms with Gasteiger partial charge in [0.25, 0.3) is 5.91 Å². The SMILES string of the molecule is Cc1ccc(C(CNC(=O)c2csc(CN)n2)N2CCOCC2)o1. The Morgan fingerprint density at radius 3 is 2.88 bits per heavy atom. The molecule has 1 unspecified atom stereocenters. The number of rotatable bonds is 6. The summed E-state index contributed by atoms with van der Waals surface area (Å²) in [5.41, 5.74) is 5.96. The number of thiazole rings is 1. The molecular formula is C16H22N4O3S. The minimum absolute atomic E-state index is 0.0147. The molecule has 1 atom stereocenters. The van der Waals surface area contributed by atoms with Gasteiger partial charge in [-0.15, -0.1) is 11.3 Å². The third-order valence-corrected chi connectivity index (χ3v) is 4.86. The predicted octanol–water partition coefficient (Wildman–Crippen LogP) is 1.31. The average molecular weight is 350 g/mol. The summed E-state index contributed by atoms with van der Waals surface area (Å²) in [6.45, 7) is 5.73. The molecule has 3 rings (SSSR count). The summed E-state index contributed by atoms with van der Waals surface area (Å²) < 4.78 is 11.2. The number of carbonyl (C=O) groups is 1. The molecule has 0 radical (unpaired) electrons. The smallest absolute Gasteiger partial charge is 0.270 e. The van der Waals surface area contributed by atoms with E-state index in [4.69, 9.17) is 14.9 Å². The summed E-state index contributed by atoms with van der Waals surface area (Å²) in [5, 5.41) is 5.45. The van der Waals surface area contributed by atoms with Crippen LogP contribution in [0.3, 0.4) is 0 Å². The molecule has 0 aromatic carbocycles. The normalized spacial score (nSPS) is 16.9. The molecule has 1 fully saturated rings. The fourth-order valence-corrected chi connectivity index (χ4v) is 3.37. The Morgan fingerprint density at radius 2 is 2.25 bits per heavy atom. The lowest BCUT2D eigenvalue weighted by molar-refractivity contribution is 0.0117. The number of nitrogens with zero attached hydrogens (tertiary/aromatic N) is 2. The number of ether oxygens (including phenoxy) is 1. The van der Waals surface area contributed by atoms with Gasteiger partial charge in [-0.3, -0.25) is 9.69 Å². The molecule has 2 aromatic rings. The van der Waals surface area contributed by atoms with Crippen molar-refractivity contribution in [3.05, 3.63) is 39.7 Å². The number of aryl methyl sites for hydroxylation is 1. The van der Waals surface area contributed by atoms with Crippen molar-refractivity contribution < 1.29 is 13.9 Å². The van der Waals surface area contributed by atoms with Gasteiger partial charge in [0.2, 0.25) is 0 Å². The van der Waals surface area contributed by atoms with Gasteiger partial charge in [-0.05, 0) is 19.1 Å². The van der Waals surface area contributed by atoms with Crippen LogP contribution in [0.2, 0.25) is 0 Å². The van der Waals surface area contributed by atoms with E-state index < -0.39 is 0 Å². The minimum Gasteiger partial charge on any atom is -0.465 e. The molecule has 8 heteroatoms. The molecular weight excluding hydrogens is 328 g/mol. The zero-order valence-corrected chi connectivity index (χ0v) is 14.5. The zero-order valence-electron chi connectivity index (χ0n) is 13.7. The van der Waals surface area contributed by atoms with Crippen molar-refractivity contribution in [3.63, 3.8) is 0 Å². The van der Waals surface area contributed by atoms with Crippen LogP contribution in [-0.2, 0) is 11.3 Å². The molecule has 0 spiro atoms. The molecule has 130 valence electrons. The van der Waals surface area contributed by atoms with E-state index in [-0.39, 0.29) is 11.9 Å². The van der Waals surface area contributed by atoms with Crippen molar-refractivity contribution in [2.24, 2.45) is 5.73 Å². The van der Waals surface area contributed by atoms with E-state index in [2.05, 4.69) is 15.2 Å². The molecule has 7 nitrogen and oxygen atoms in total. The van der Waals surface area contributed by atoms with E-state index >= 15 is 0 Å². The van der Waals surface area contributed by atoms with Crippen LogP contribution in [-0.4, -0.2) is 48.6 Å². The van der Waals surface area contributed by atoms with Crippen molar-refractivity contribution in [1.82, 2.24) is 15.2 Å². The molecule has 0 saturated carbocycles. The standard InChI is InChI=1S/C16H22N4O3S/c1-11-2-3-14(23-11)13(20-4-6-22-7-5-20)9-18-16(21)12-10-24-15(8-17)19-12/h2-3,10,13H,4-9,17H2,1H3,(H,18,21). The van der Waals surface area contributed by atoms with Gasteiger partial charge in [-0.2, -0.15) is 0 Å². The lowest BCUT2D eigenvalue weighted by Crippen LogP contribution is -2.43. The maximum atomic E-state index is 12.3.